The second-order valence-corrected chi connectivity index (χ2v) is 3.58. The van der Waals surface area contributed by atoms with Gasteiger partial charge in [-0.2, -0.15) is 0 Å². The van der Waals surface area contributed by atoms with Gasteiger partial charge in [-0.05, 0) is 22.4 Å². The maximum absolute atomic E-state index is 8.58. The molecule has 2 rings (SSSR count). The lowest BCUT2D eigenvalue weighted by atomic mass is 10.1. The SMILES string of the molecule is OCC=CC=Cc1ccc2ccccc2c1. The van der Waals surface area contributed by atoms with E-state index in [1.165, 1.54) is 16.3 Å². The first-order valence-corrected chi connectivity index (χ1v) is 5.33. The highest BCUT2D eigenvalue weighted by Crippen LogP contribution is 2.16. The summed E-state index contributed by atoms with van der Waals surface area (Å²) in [5, 5.41) is 11.1. The van der Waals surface area contributed by atoms with E-state index in [1.807, 2.05) is 30.4 Å². The minimum atomic E-state index is 0.0854. The number of aliphatic hydroxyl groups excluding tert-OH is 1. The molecule has 0 heterocycles. The van der Waals surface area contributed by atoms with Crippen molar-refractivity contribution in [3.8, 4) is 0 Å². The van der Waals surface area contributed by atoms with Gasteiger partial charge in [-0.1, -0.05) is 60.7 Å². The predicted octanol–water partition coefficient (Wildman–Crippen LogP) is 3.40. The summed E-state index contributed by atoms with van der Waals surface area (Å²) in [6.07, 6.45) is 7.51. The van der Waals surface area contributed by atoms with Crippen LogP contribution in [0.25, 0.3) is 16.8 Å². The molecule has 0 aliphatic rings. The lowest BCUT2D eigenvalue weighted by molar-refractivity contribution is 0.343. The Morgan fingerprint density at radius 2 is 1.75 bits per heavy atom. The fraction of sp³-hybridized carbons (Fsp3) is 0.0667. The molecule has 0 aliphatic carbocycles. The Kier molecular flexibility index (Phi) is 3.52. The van der Waals surface area contributed by atoms with Crippen LogP contribution in [0.15, 0.2) is 60.7 Å². The highest BCUT2D eigenvalue weighted by molar-refractivity contribution is 5.84. The quantitative estimate of drug-likeness (QED) is 0.770. The highest BCUT2D eigenvalue weighted by Gasteiger charge is 1.91. The molecule has 80 valence electrons. The molecule has 0 saturated carbocycles. The van der Waals surface area contributed by atoms with Crippen LogP contribution in [0.1, 0.15) is 5.56 Å². The third-order valence-electron chi connectivity index (χ3n) is 2.41. The van der Waals surface area contributed by atoms with Crippen LogP contribution >= 0.6 is 0 Å². The van der Waals surface area contributed by atoms with Crippen molar-refractivity contribution in [3.05, 3.63) is 66.3 Å². The maximum Gasteiger partial charge on any atom is 0.0615 e. The second kappa shape index (κ2) is 5.29. The van der Waals surface area contributed by atoms with Gasteiger partial charge in [0, 0.05) is 0 Å². The number of benzene rings is 2. The summed E-state index contributed by atoms with van der Waals surface area (Å²) >= 11 is 0. The fourth-order valence-corrected chi connectivity index (χ4v) is 1.62. The van der Waals surface area contributed by atoms with Crippen molar-refractivity contribution >= 4 is 16.8 Å². The van der Waals surface area contributed by atoms with Crippen molar-refractivity contribution < 1.29 is 5.11 Å². The van der Waals surface area contributed by atoms with Crippen LogP contribution in [0.3, 0.4) is 0 Å². The van der Waals surface area contributed by atoms with Crippen LogP contribution in [0.2, 0.25) is 0 Å². The lowest BCUT2D eigenvalue weighted by Gasteiger charge is -1.98. The molecule has 16 heavy (non-hydrogen) atoms. The first-order chi connectivity index (χ1) is 7.90. The first-order valence-electron chi connectivity index (χ1n) is 5.33. The molecule has 0 radical (unpaired) electrons. The molecule has 0 saturated heterocycles. The third kappa shape index (κ3) is 2.59. The minimum absolute atomic E-state index is 0.0854. The summed E-state index contributed by atoms with van der Waals surface area (Å²) in [5.41, 5.74) is 1.17. The van der Waals surface area contributed by atoms with E-state index in [0.29, 0.717) is 0 Å². The van der Waals surface area contributed by atoms with E-state index in [4.69, 9.17) is 5.11 Å². The van der Waals surface area contributed by atoms with Crippen LogP contribution in [0, 0.1) is 0 Å². The van der Waals surface area contributed by atoms with Gasteiger partial charge in [0.2, 0.25) is 0 Å². The van der Waals surface area contributed by atoms with Crippen molar-refractivity contribution in [1.29, 1.82) is 0 Å². The van der Waals surface area contributed by atoms with Gasteiger partial charge in [0.1, 0.15) is 0 Å². The van der Waals surface area contributed by atoms with E-state index in [-0.39, 0.29) is 6.61 Å². The lowest BCUT2D eigenvalue weighted by Crippen LogP contribution is -1.74. The van der Waals surface area contributed by atoms with Crippen molar-refractivity contribution in [2.24, 2.45) is 0 Å². The molecule has 1 nitrogen and oxygen atoms in total. The first kappa shape index (κ1) is 10.7. The van der Waals surface area contributed by atoms with Gasteiger partial charge in [-0.25, -0.2) is 0 Å². The molecule has 0 bridgehead atoms. The van der Waals surface area contributed by atoms with Crippen LogP contribution in [0.5, 0.6) is 0 Å². The van der Waals surface area contributed by atoms with E-state index in [9.17, 15) is 0 Å². The van der Waals surface area contributed by atoms with Crippen LogP contribution in [-0.4, -0.2) is 11.7 Å². The molecule has 0 atom stereocenters. The van der Waals surface area contributed by atoms with Crippen molar-refractivity contribution in [2.75, 3.05) is 6.61 Å². The number of fused-ring (bicyclic) bond motifs is 1. The van der Waals surface area contributed by atoms with Gasteiger partial charge < -0.3 is 5.11 Å². The van der Waals surface area contributed by atoms with E-state index in [0.717, 1.165) is 0 Å². The summed E-state index contributed by atoms with van der Waals surface area (Å²) in [6, 6.07) is 14.7. The summed E-state index contributed by atoms with van der Waals surface area (Å²) in [7, 11) is 0. The molecule has 0 unspecified atom stereocenters. The third-order valence-corrected chi connectivity index (χ3v) is 2.41. The number of hydrogen-bond acceptors (Lipinski definition) is 1. The molecule has 2 aromatic rings. The Labute approximate surface area is 95.4 Å². The zero-order chi connectivity index (χ0) is 11.2. The number of allylic oxidation sites excluding steroid dienone is 2. The van der Waals surface area contributed by atoms with Gasteiger partial charge in [-0.3, -0.25) is 0 Å². The summed E-state index contributed by atoms with van der Waals surface area (Å²) in [6.45, 7) is 0.0854. The average molecular weight is 210 g/mol. The van der Waals surface area contributed by atoms with Crippen molar-refractivity contribution in [1.82, 2.24) is 0 Å². The summed E-state index contributed by atoms with van der Waals surface area (Å²) < 4.78 is 0. The Balaban J connectivity index is 2.26. The number of rotatable bonds is 3. The molecule has 0 aromatic heterocycles. The van der Waals surface area contributed by atoms with Gasteiger partial charge in [0.05, 0.1) is 6.61 Å². The molecule has 0 amide bonds. The molecule has 1 heteroatoms. The Hall–Kier alpha value is -1.86. The van der Waals surface area contributed by atoms with Gasteiger partial charge in [0.25, 0.3) is 0 Å². The second-order valence-electron chi connectivity index (χ2n) is 3.58. The van der Waals surface area contributed by atoms with E-state index >= 15 is 0 Å². The monoisotopic (exact) mass is 210 g/mol. The summed E-state index contributed by atoms with van der Waals surface area (Å²) in [5.74, 6) is 0. The topological polar surface area (TPSA) is 20.2 Å². The zero-order valence-corrected chi connectivity index (χ0v) is 9.01. The fourth-order valence-electron chi connectivity index (χ4n) is 1.62. The Bertz CT molecular complexity index is 524. The van der Waals surface area contributed by atoms with Crippen LogP contribution < -0.4 is 0 Å². The van der Waals surface area contributed by atoms with Gasteiger partial charge >= 0.3 is 0 Å². The van der Waals surface area contributed by atoms with Gasteiger partial charge in [-0.15, -0.1) is 0 Å². The van der Waals surface area contributed by atoms with Crippen LogP contribution in [0.4, 0.5) is 0 Å². The average Bonchev–Trinajstić information content (AvgIpc) is 2.34. The Morgan fingerprint density at radius 1 is 0.938 bits per heavy atom. The predicted molar refractivity (Wildman–Crippen MR) is 69.2 cm³/mol. The molecule has 0 fully saturated rings. The number of hydrogen-bond donors (Lipinski definition) is 1. The molecule has 1 N–H and O–H groups in total. The zero-order valence-electron chi connectivity index (χ0n) is 9.01. The smallest absolute Gasteiger partial charge is 0.0615 e. The molecule has 2 aromatic carbocycles. The molecular formula is C15H14O. The molecule has 0 spiro atoms. The van der Waals surface area contributed by atoms with E-state index in [2.05, 4.69) is 30.3 Å². The molecule has 0 aliphatic heterocycles. The highest BCUT2D eigenvalue weighted by atomic mass is 16.2. The number of aliphatic hydroxyl groups is 1. The van der Waals surface area contributed by atoms with Crippen LogP contribution in [-0.2, 0) is 0 Å². The molecular weight excluding hydrogens is 196 g/mol. The Morgan fingerprint density at radius 3 is 2.56 bits per heavy atom. The summed E-state index contributed by atoms with van der Waals surface area (Å²) in [4.78, 5) is 0. The van der Waals surface area contributed by atoms with E-state index < -0.39 is 0 Å². The maximum atomic E-state index is 8.58. The largest absolute Gasteiger partial charge is 0.392 e. The van der Waals surface area contributed by atoms with Gasteiger partial charge in [0.15, 0.2) is 0 Å². The standard InChI is InChI=1S/C15H14O/c16-11-5-1-2-6-13-9-10-14-7-3-4-8-15(14)12-13/h1-10,12,16H,11H2. The van der Waals surface area contributed by atoms with Crippen molar-refractivity contribution in [3.63, 3.8) is 0 Å². The normalized spacial score (nSPS) is 11.8. The van der Waals surface area contributed by atoms with Crippen molar-refractivity contribution in [2.45, 2.75) is 0 Å². The van der Waals surface area contributed by atoms with E-state index in [1.54, 1.807) is 6.08 Å². The minimum Gasteiger partial charge on any atom is -0.392 e.